The molecule has 2 saturated heterocycles. The van der Waals surface area contributed by atoms with Crippen molar-refractivity contribution < 1.29 is 9.21 Å². The van der Waals surface area contributed by atoms with E-state index >= 15 is 0 Å². The van der Waals surface area contributed by atoms with Crippen LogP contribution in [0.2, 0.25) is 0 Å². The average Bonchev–Trinajstić information content (AvgIpc) is 3.19. The van der Waals surface area contributed by atoms with Crippen LogP contribution in [-0.4, -0.2) is 64.7 Å². The van der Waals surface area contributed by atoms with E-state index in [1.54, 1.807) is 0 Å². The van der Waals surface area contributed by atoms with E-state index in [9.17, 15) is 4.79 Å². The maximum atomic E-state index is 12.7. The highest BCUT2D eigenvalue weighted by Gasteiger charge is 2.31. The van der Waals surface area contributed by atoms with Crippen molar-refractivity contribution in [3.05, 3.63) is 47.7 Å². The molecule has 0 unspecified atom stereocenters. The largest absolute Gasteiger partial charge is 0.424 e. The molecule has 2 aromatic rings. The van der Waals surface area contributed by atoms with Gasteiger partial charge in [0, 0.05) is 39.1 Å². The van der Waals surface area contributed by atoms with Crippen LogP contribution in [0.15, 0.2) is 34.7 Å². The zero-order valence-electron chi connectivity index (χ0n) is 17.9. The number of carbonyl (C=O) groups excluding carboxylic acids is 1. The lowest BCUT2D eigenvalue weighted by atomic mass is 9.93. The van der Waals surface area contributed by atoms with Crippen molar-refractivity contribution in [3.8, 4) is 0 Å². The second kappa shape index (κ2) is 10.2. The Morgan fingerprint density at radius 2 is 1.93 bits per heavy atom. The third-order valence-electron chi connectivity index (χ3n) is 6.38. The van der Waals surface area contributed by atoms with E-state index in [1.165, 1.54) is 5.56 Å². The van der Waals surface area contributed by atoms with Gasteiger partial charge in [-0.25, -0.2) is 0 Å². The Morgan fingerprint density at radius 1 is 1.13 bits per heavy atom. The van der Waals surface area contributed by atoms with Crippen LogP contribution in [0.3, 0.4) is 0 Å². The van der Waals surface area contributed by atoms with Crippen LogP contribution >= 0.6 is 0 Å². The van der Waals surface area contributed by atoms with Gasteiger partial charge in [-0.3, -0.25) is 14.6 Å². The molecule has 4 rings (SSSR count). The van der Waals surface area contributed by atoms with Crippen molar-refractivity contribution in [1.82, 2.24) is 25.3 Å². The quantitative estimate of drug-likeness (QED) is 0.754. The zero-order valence-corrected chi connectivity index (χ0v) is 17.9. The van der Waals surface area contributed by atoms with Gasteiger partial charge in [0.1, 0.15) is 0 Å². The van der Waals surface area contributed by atoms with Crippen LogP contribution in [0, 0.1) is 12.8 Å². The van der Waals surface area contributed by atoms with Crippen molar-refractivity contribution in [2.75, 3.05) is 32.7 Å². The molecule has 7 heteroatoms. The number of benzene rings is 1. The fraction of sp³-hybridized carbons (Fsp3) is 0.609. The second-order valence-corrected chi connectivity index (χ2v) is 8.58. The van der Waals surface area contributed by atoms with Gasteiger partial charge in [0.25, 0.3) is 0 Å². The van der Waals surface area contributed by atoms with E-state index in [4.69, 9.17) is 4.42 Å². The minimum absolute atomic E-state index is 0.119. The van der Waals surface area contributed by atoms with Crippen molar-refractivity contribution in [2.24, 2.45) is 5.92 Å². The summed E-state index contributed by atoms with van der Waals surface area (Å²) in [4.78, 5) is 17.6. The number of nitrogens with one attached hydrogen (secondary N) is 1. The summed E-state index contributed by atoms with van der Waals surface area (Å²) in [6, 6.07) is 10.9. The maximum Gasteiger partial charge on any atom is 0.230 e. The van der Waals surface area contributed by atoms with Crippen LogP contribution in [0.1, 0.15) is 43.0 Å². The maximum absolute atomic E-state index is 12.7. The number of likely N-dealkylation sites (tertiary alicyclic amines) is 2. The molecule has 2 aliphatic rings. The Kier molecular flexibility index (Phi) is 7.12. The van der Waals surface area contributed by atoms with Crippen molar-refractivity contribution in [3.63, 3.8) is 0 Å². The van der Waals surface area contributed by atoms with Crippen molar-refractivity contribution in [2.45, 2.75) is 51.6 Å². The van der Waals surface area contributed by atoms with Gasteiger partial charge in [-0.05, 0) is 44.2 Å². The summed E-state index contributed by atoms with van der Waals surface area (Å²) in [6.07, 6.45) is 5.27. The molecule has 0 bridgehead atoms. The molecule has 7 nitrogen and oxygen atoms in total. The lowest BCUT2D eigenvalue weighted by molar-refractivity contribution is -0.127. The van der Waals surface area contributed by atoms with Crippen LogP contribution < -0.4 is 5.32 Å². The van der Waals surface area contributed by atoms with Gasteiger partial charge in [0.05, 0.1) is 12.5 Å². The number of rotatable bonds is 7. The lowest BCUT2D eigenvalue weighted by Crippen LogP contribution is -2.50. The first-order valence-electron chi connectivity index (χ1n) is 11.2. The summed E-state index contributed by atoms with van der Waals surface area (Å²) in [5.74, 6) is 1.67. The molecule has 0 spiro atoms. The average molecular weight is 412 g/mol. The Balaban J connectivity index is 1.19. The molecule has 0 saturated carbocycles. The summed E-state index contributed by atoms with van der Waals surface area (Å²) in [6.45, 7) is 7.36. The number of hydrogen-bond donors (Lipinski definition) is 1. The highest BCUT2D eigenvalue weighted by molar-refractivity contribution is 5.79. The van der Waals surface area contributed by atoms with Gasteiger partial charge in [-0.15, -0.1) is 10.2 Å². The van der Waals surface area contributed by atoms with Gasteiger partial charge in [-0.2, -0.15) is 0 Å². The van der Waals surface area contributed by atoms with E-state index in [-0.39, 0.29) is 11.8 Å². The number of piperidine rings is 2. The molecule has 0 radical (unpaired) electrons. The molecule has 1 aromatic carbocycles. The second-order valence-electron chi connectivity index (χ2n) is 8.58. The van der Waals surface area contributed by atoms with Crippen LogP contribution in [0.5, 0.6) is 0 Å². The number of aromatic nitrogens is 2. The van der Waals surface area contributed by atoms with E-state index in [1.807, 2.05) is 25.1 Å². The number of carbonyl (C=O) groups is 1. The summed E-state index contributed by atoms with van der Waals surface area (Å²) in [5, 5.41) is 11.2. The van der Waals surface area contributed by atoms with Crippen LogP contribution in [0.25, 0.3) is 0 Å². The summed E-state index contributed by atoms with van der Waals surface area (Å²) < 4.78 is 5.51. The predicted molar refractivity (Wildman–Crippen MR) is 115 cm³/mol. The predicted octanol–water partition coefficient (Wildman–Crippen LogP) is 2.41. The molecular formula is C23H33N5O2. The molecular weight excluding hydrogens is 378 g/mol. The molecule has 0 aliphatic carbocycles. The minimum atomic E-state index is 0.119. The lowest BCUT2D eigenvalue weighted by Gasteiger charge is -2.41. The van der Waals surface area contributed by atoms with Gasteiger partial charge in [-0.1, -0.05) is 30.3 Å². The Labute approximate surface area is 178 Å². The number of hydrogen-bond acceptors (Lipinski definition) is 6. The summed E-state index contributed by atoms with van der Waals surface area (Å²) in [7, 11) is 0. The van der Waals surface area contributed by atoms with Crippen molar-refractivity contribution >= 4 is 5.91 Å². The Hall–Kier alpha value is -2.25. The minimum Gasteiger partial charge on any atom is -0.424 e. The van der Waals surface area contributed by atoms with Crippen molar-refractivity contribution in [1.29, 1.82) is 0 Å². The van der Waals surface area contributed by atoms with Crippen LogP contribution in [0.4, 0.5) is 0 Å². The number of amides is 1. The first-order valence-corrected chi connectivity index (χ1v) is 11.2. The smallest absolute Gasteiger partial charge is 0.230 e. The Morgan fingerprint density at radius 3 is 2.67 bits per heavy atom. The molecule has 2 aliphatic heterocycles. The van der Waals surface area contributed by atoms with Gasteiger partial charge in [0.15, 0.2) is 0 Å². The fourth-order valence-corrected chi connectivity index (χ4v) is 4.71. The fourth-order valence-electron chi connectivity index (χ4n) is 4.71. The van der Waals surface area contributed by atoms with E-state index < -0.39 is 0 Å². The van der Waals surface area contributed by atoms with Gasteiger partial charge in [0.2, 0.25) is 17.7 Å². The molecule has 3 heterocycles. The normalized spacial score (nSPS) is 21.6. The number of nitrogens with zero attached hydrogens (tertiary/aromatic N) is 4. The molecule has 2 fully saturated rings. The molecule has 1 amide bonds. The first kappa shape index (κ1) is 21.0. The zero-order chi connectivity index (χ0) is 20.8. The highest BCUT2D eigenvalue weighted by Crippen LogP contribution is 2.24. The van der Waals surface area contributed by atoms with E-state index in [0.717, 1.165) is 64.8 Å². The monoisotopic (exact) mass is 411 g/mol. The molecule has 30 heavy (non-hydrogen) atoms. The SMILES string of the molecule is Cc1nnc(CN2CCC(N3CCC[C@@H](C(=O)NCCc4ccccc4)C3)CC2)o1. The molecule has 162 valence electrons. The highest BCUT2D eigenvalue weighted by atomic mass is 16.4. The first-order chi connectivity index (χ1) is 14.7. The number of aryl methyl sites for hydroxylation is 1. The summed E-state index contributed by atoms with van der Waals surface area (Å²) in [5.41, 5.74) is 1.27. The van der Waals surface area contributed by atoms with Gasteiger partial charge < -0.3 is 9.73 Å². The third kappa shape index (κ3) is 5.67. The molecule has 1 aromatic heterocycles. The van der Waals surface area contributed by atoms with E-state index in [0.29, 0.717) is 24.4 Å². The third-order valence-corrected chi connectivity index (χ3v) is 6.38. The standard InChI is InChI=1S/C23H33N5O2/c1-18-25-26-22(30-18)17-27-14-10-21(11-15-27)28-13-5-8-20(16-28)23(29)24-12-9-19-6-3-2-4-7-19/h2-4,6-7,20-21H,5,8-17H2,1H3,(H,24,29)/t20-/m1/s1. The topological polar surface area (TPSA) is 74.5 Å². The Bertz CT molecular complexity index is 801. The van der Waals surface area contributed by atoms with E-state index in [2.05, 4.69) is 37.4 Å². The molecule has 1 N–H and O–H groups in total. The van der Waals surface area contributed by atoms with Gasteiger partial charge >= 0.3 is 0 Å². The molecule has 1 atom stereocenters. The van der Waals surface area contributed by atoms with Crippen LogP contribution in [-0.2, 0) is 17.8 Å². The summed E-state index contributed by atoms with van der Waals surface area (Å²) >= 11 is 0.